The van der Waals surface area contributed by atoms with Gasteiger partial charge in [0.15, 0.2) is 5.65 Å². The molecule has 0 bridgehead atoms. The predicted octanol–water partition coefficient (Wildman–Crippen LogP) is 1.52. The van der Waals surface area contributed by atoms with Crippen molar-refractivity contribution in [2.45, 2.75) is 19.4 Å². The number of phenols is 1. The Morgan fingerprint density at radius 3 is 2.71 bits per heavy atom. The Kier molecular flexibility index (Phi) is 2.67. The van der Waals surface area contributed by atoms with Crippen LogP contribution in [0.25, 0.3) is 16.6 Å². The van der Waals surface area contributed by atoms with Crippen LogP contribution in [0.4, 0.5) is 0 Å². The standard InChI is InChI=1S/C15H15N3O3/c1-15(2,21)11-7-18-12-8(4-3-5-10(12)19)6-9(13(16)20)14(18)17-11/h3-7,19,21H,1-2H3,(H2,16,20). The fraction of sp³-hybridized carbons (Fsp3) is 0.200. The molecule has 0 aliphatic rings. The van der Waals surface area contributed by atoms with E-state index in [1.165, 1.54) is 0 Å². The molecular formula is C15H15N3O3. The Labute approximate surface area is 120 Å². The number of hydrogen-bond donors (Lipinski definition) is 3. The number of aromatic nitrogens is 2. The number of para-hydroxylation sites is 1. The minimum Gasteiger partial charge on any atom is -0.506 e. The highest BCUT2D eigenvalue weighted by molar-refractivity contribution is 6.03. The van der Waals surface area contributed by atoms with Crippen LogP contribution in [0.5, 0.6) is 5.75 Å². The zero-order valence-electron chi connectivity index (χ0n) is 11.7. The lowest BCUT2D eigenvalue weighted by atomic mass is 10.1. The molecule has 0 aliphatic carbocycles. The van der Waals surface area contributed by atoms with Gasteiger partial charge in [-0.3, -0.25) is 9.20 Å². The van der Waals surface area contributed by atoms with E-state index in [9.17, 15) is 15.0 Å². The summed E-state index contributed by atoms with van der Waals surface area (Å²) in [6, 6.07) is 6.59. The van der Waals surface area contributed by atoms with Crippen molar-refractivity contribution in [1.29, 1.82) is 0 Å². The van der Waals surface area contributed by atoms with E-state index in [0.29, 0.717) is 22.2 Å². The van der Waals surface area contributed by atoms with Crippen LogP contribution in [-0.2, 0) is 5.60 Å². The van der Waals surface area contributed by atoms with Crippen molar-refractivity contribution in [3.05, 3.63) is 41.7 Å². The van der Waals surface area contributed by atoms with Gasteiger partial charge in [-0.2, -0.15) is 0 Å². The highest BCUT2D eigenvalue weighted by Crippen LogP contribution is 2.30. The van der Waals surface area contributed by atoms with E-state index in [2.05, 4.69) is 4.98 Å². The monoisotopic (exact) mass is 285 g/mol. The number of rotatable bonds is 2. The Morgan fingerprint density at radius 2 is 2.10 bits per heavy atom. The second-order valence-electron chi connectivity index (χ2n) is 5.52. The summed E-state index contributed by atoms with van der Waals surface area (Å²) in [5.74, 6) is -0.550. The van der Waals surface area contributed by atoms with Crippen LogP contribution in [0.3, 0.4) is 0 Å². The maximum Gasteiger partial charge on any atom is 0.252 e. The second-order valence-corrected chi connectivity index (χ2v) is 5.52. The number of amides is 1. The number of carbonyl (C=O) groups excluding carboxylic acids is 1. The van der Waals surface area contributed by atoms with Crippen molar-refractivity contribution in [1.82, 2.24) is 9.38 Å². The summed E-state index contributed by atoms with van der Waals surface area (Å²) in [5.41, 5.74) is 5.70. The number of phenolic OH excluding ortho intramolecular Hbond substituents is 1. The van der Waals surface area contributed by atoms with Gasteiger partial charge in [-0.15, -0.1) is 0 Å². The van der Waals surface area contributed by atoms with Crippen LogP contribution in [0.2, 0.25) is 0 Å². The van der Waals surface area contributed by atoms with E-state index >= 15 is 0 Å². The lowest BCUT2D eigenvalue weighted by Crippen LogP contribution is -2.16. The van der Waals surface area contributed by atoms with Crippen molar-refractivity contribution in [2.24, 2.45) is 5.73 Å². The zero-order chi connectivity index (χ0) is 15.4. The number of carbonyl (C=O) groups is 1. The molecule has 0 saturated heterocycles. The third-order valence-corrected chi connectivity index (χ3v) is 3.43. The van der Waals surface area contributed by atoms with Crippen LogP contribution in [0.15, 0.2) is 30.5 Å². The third kappa shape index (κ3) is 2.00. The normalized spacial score (nSPS) is 12.1. The summed E-state index contributed by atoms with van der Waals surface area (Å²) in [7, 11) is 0. The molecule has 2 aromatic heterocycles. The van der Waals surface area contributed by atoms with Crippen molar-refractivity contribution < 1.29 is 15.0 Å². The van der Waals surface area contributed by atoms with E-state index in [-0.39, 0.29) is 11.3 Å². The number of hydrogen-bond acceptors (Lipinski definition) is 4. The average molecular weight is 285 g/mol. The first kappa shape index (κ1) is 13.4. The molecule has 3 rings (SSSR count). The zero-order valence-corrected chi connectivity index (χ0v) is 11.7. The molecule has 6 nitrogen and oxygen atoms in total. The number of benzene rings is 1. The van der Waals surface area contributed by atoms with Gasteiger partial charge in [0.05, 0.1) is 16.8 Å². The first-order chi connectivity index (χ1) is 9.79. The molecule has 0 fully saturated rings. The SMILES string of the molecule is CC(C)(O)c1cn2c(n1)c(C(N)=O)cc1cccc(O)c12. The quantitative estimate of drug-likeness (QED) is 0.664. The molecule has 0 atom stereocenters. The molecule has 3 aromatic rings. The van der Waals surface area contributed by atoms with Gasteiger partial charge in [0, 0.05) is 11.6 Å². The summed E-state index contributed by atoms with van der Waals surface area (Å²) >= 11 is 0. The molecule has 6 heteroatoms. The first-order valence-electron chi connectivity index (χ1n) is 6.45. The molecule has 4 N–H and O–H groups in total. The van der Waals surface area contributed by atoms with Gasteiger partial charge in [-0.05, 0) is 26.0 Å². The first-order valence-corrected chi connectivity index (χ1v) is 6.45. The summed E-state index contributed by atoms with van der Waals surface area (Å²) < 4.78 is 1.58. The fourth-order valence-electron chi connectivity index (χ4n) is 2.36. The molecular weight excluding hydrogens is 270 g/mol. The lowest BCUT2D eigenvalue weighted by Gasteiger charge is -2.12. The van der Waals surface area contributed by atoms with Crippen molar-refractivity contribution in [2.75, 3.05) is 0 Å². The van der Waals surface area contributed by atoms with E-state index in [4.69, 9.17) is 5.73 Å². The molecule has 21 heavy (non-hydrogen) atoms. The Balaban J connectivity index is 2.53. The van der Waals surface area contributed by atoms with Crippen LogP contribution in [0.1, 0.15) is 29.9 Å². The van der Waals surface area contributed by atoms with Gasteiger partial charge in [-0.1, -0.05) is 12.1 Å². The molecule has 108 valence electrons. The number of primary amides is 1. The molecule has 2 heterocycles. The van der Waals surface area contributed by atoms with Gasteiger partial charge >= 0.3 is 0 Å². The summed E-state index contributed by atoms with van der Waals surface area (Å²) in [5, 5.41) is 20.9. The Hall–Kier alpha value is -2.60. The predicted molar refractivity (Wildman–Crippen MR) is 78.1 cm³/mol. The summed E-state index contributed by atoms with van der Waals surface area (Å²) in [6.45, 7) is 3.20. The molecule has 0 radical (unpaired) electrons. The maximum atomic E-state index is 11.6. The molecule has 1 amide bonds. The van der Waals surface area contributed by atoms with Crippen LogP contribution in [0, 0.1) is 0 Å². The van der Waals surface area contributed by atoms with E-state index < -0.39 is 11.5 Å². The van der Waals surface area contributed by atoms with Crippen molar-refractivity contribution in [3.63, 3.8) is 0 Å². The minimum absolute atomic E-state index is 0.0632. The number of aliphatic hydroxyl groups is 1. The third-order valence-electron chi connectivity index (χ3n) is 3.43. The van der Waals surface area contributed by atoms with Gasteiger partial charge in [-0.25, -0.2) is 4.98 Å². The van der Waals surface area contributed by atoms with Gasteiger partial charge in [0.25, 0.3) is 5.91 Å². The Bertz CT molecular complexity index is 875. The summed E-state index contributed by atoms with van der Waals surface area (Å²) in [4.78, 5) is 15.9. The number of nitrogens with two attached hydrogens (primary N) is 1. The minimum atomic E-state index is -1.17. The van der Waals surface area contributed by atoms with E-state index in [1.807, 2.05) is 0 Å². The second kappa shape index (κ2) is 4.20. The van der Waals surface area contributed by atoms with Gasteiger partial charge < -0.3 is 15.9 Å². The number of imidazole rings is 1. The summed E-state index contributed by atoms with van der Waals surface area (Å²) in [6.07, 6.45) is 1.60. The Morgan fingerprint density at radius 1 is 1.38 bits per heavy atom. The molecule has 1 aromatic carbocycles. The van der Waals surface area contributed by atoms with Gasteiger partial charge in [0.1, 0.15) is 11.4 Å². The van der Waals surface area contributed by atoms with Crippen molar-refractivity contribution in [3.8, 4) is 5.75 Å². The molecule has 0 saturated carbocycles. The van der Waals surface area contributed by atoms with Crippen LogP contribution >= 0.6 is 0 Å². The number of aromatic hydroxyl groups is 1. The van der Waals surface area contributed by atoms with Crippen molar-refractivity contribution >= 4 is 22.5 Å². The van der Waals surface area contributed by atoms with Crippen LogP contribution < -0.4 is 5.73 Å². The maximum absolute atomic E-state index is 11.6. The highest BCUT2D eigenvalue weighted by atomic mass is 16.3. The smallest absolute Gasteiger partial charge is 0.252 e. The molecule has 0 spiro atoms. The van der Waals surface area contributed by atoms with E-state index in [0.717, 1.165) is 0 Å². The highest BCUT2D eigenvalue weighted by Gasteiger charge is 2.23. The largest absolute Gasteiger partial charge is 0.506 e. The van der Waals surface area contributed by atoms with Gasteiger partial charge in [0.2, 0.25) is 0 Å². The lowest BCUT2D eigenvalue weighted by molar-refractivity contribution is 0.0744. The average Bonchev–Trinajstić information content (AvgIpc) is 2.82. The topological polar surface area (TPSA) is 101 Å². The van der Waals surface area contributed by atoms with E-state index in [1.54, 1.807) is 48.7 Å². The molecule has 0 unspecified atom stereocenters. The molecule has 0 aliphatic heterocycles. The fourth-order valence-corrected chi connectivity index (χ4v) is 2.36. The number of pyridine rings is 1. The number of nitrogens with zero attached hydrogens (tertiary/aromatic N) is 2. The van der Waals surface area contributed by atoms with Crippen LogP contribution in [-0.4, -0.2) is 25.5 Å². The number of fused-ring (bicyclic) bond motifs is 3.